The number of esters is 1. The minimum Gasteiger partial charge on any atom is -0.502 e. The highest BCUT2D eigenvalue weighted by Gasteiger charge is 2.35. The number of urea groups is 1. The summed E-state index contributed by atoms with van der Waals surface area (Å²) in [5, 5.41) is 22.4. The number of nitro groups is 1. The highest BCUT2D eigenvalue weighted by Crippen LogP contribution is 2.27. The van der Waals surface area contributed by atoms with Crippen molar-refractivity contribution in [3.8, 4) is 5.75 Å². The molecule has 1 fully saturated rings. The number of amides is 3. The molecule has 0 bridgehead atoms. The van der Waals surface area contributed by atoms with Gasteiger partial charge in [0.2, 0.25) is 0 Å². The van der Waals surface area contributed by atoms with Gasteiger partial charge in [-0.05, 0) is 17.7 Å². The van der Waals surface area contributed by atoms with Crippen LogP contribution in [0.3, 0.4) is 0 Å². The maximum absolute atomic E-state index is 12.0. The molecule has 120 valence electrons. The summed E-state index contributed by atoms with van der Waals surface area (Å²) in [5.41, 5.74) is -0.473. The van der Waals surface area contributed by atoms with E-state index in [1.54, 1.807) is 0 Å². The van der Waals surface area contributed by atoms with Crippen LogP contribution in [0.5, 0.6) is 5.75 Å². The van der Waals surface area contributed by atoms with Gasteiger partial charge in [0.25, 0.3) is 5.91 Å². The lowest BCUT2D eigenvalue weighted by Crippen LogP contribution is -2.36. The molecule has 10 nitrogen and oxygen atoms in total. The number of hydrogen-bond acceptors (Lipinski definition) is 7. The van der Waals surface area contributed by atoms with Crippen LogP contribution in [0.4, 0.5) is 10.5 Å². The molecule has 1 aliphatic rings. The van der Waals surface area contributed by atoms with Crippen LogP contribution < -0.4 is 5.32 Å². The van der Waals surface area contributed by atoms with E-state index < -0.39 is 40.8 Å². The van der Waals surface area contributed by atoms with Crippen molar-refractivity contribution in [3.05, 3.63) is 39.6 Å². The molecule has 2 N–H and O–H groups in total. The van der Waals surface area contributed by atoms with E-state index in [2.05, 4.69) is 10.1 Å². The zero-order valence-corrected chi connectivity index (χ0v) is 11.8. The van der Waals surface area contributed by atoms with Crippen LogP contribution in [0.2, 0.25) is 0 Å². The molecule has 1 saturated heterocycles. The molecule has 0 spiro atoms. The van der Waals surface area contributed by atoms with Gasteiger partial charge in [-0.1, -0.05) is 6.07 Å². The van der Waals surface area contributed by atoms with Crippen LogP contribution in [0, 0.1) is 10.1 Å². The number of aromatic hydroxyl groups is 1. The van der Waals surface area contributed by atoms with Crippen LogP contribution in [0.25, 0.3) is 6.08 Å². The second kappa shape index (κ2) is 6.13. The monoisotopic (exact) mass is 321 g/mol. The van der Waals surface area contributed by atoms with Gasteiger partial charge in [-0.25, -0.2) is 9.69 Å². The van der Waals surface area contributed by atoms with Crippen LogP contribution in [-0.2, 0) is 14.3 Å². The number of nitrogens with one attached hydrogen (secondary N) is 1. The summed E-state index contributed by atoms with van der Waals surface area (Å²) in [6.07, 6.45) is 1.20. The Hall–Kier alpha value is -3.43. The molecule has 1 heterocycles. The van der Waals surface area contributed by atoms with Crippen LogP contribution in [0.15, 0.2) is 23.9 Å². The van der Waals surface area contributed by atoms with Crippen molar-refractivity contribution in [2.24, 2.45) is 0 Å². The molecule has 3 amide bonds. The van der Waals surface area contributed by atoms with Gasteiger partial charge in [-0.2, -0.15) is 0 Å². The number of nitro benzene ring substituents is 1. The fourth-order valence-electron chi connectivity index (χ4n) is 1.85. The van der Waals surface area contributed by atoms with Gasteiger partial charge in [0, 0.05) is 6.07 Å². The second-order valence-corrected chi connectivity index (χ2v) is 4.46. The average Bonchev–Trinajstić information content (AvgIpc) is 2.76. The van der Waals surface area contributed by atoms with E-state index in [4.69, 9.17) is 0 Å². The van der Waals surface area contributed by atoms with Crippen LogP contribution >= 0.6 is 0 Å². The number of ether oxygens (including phenoxy) is 1. The first-order valence-corrected chi connectivity index (χ1v) is 6.22. The minimum absolute atomic E-state index is 0.154. The van der Waals surface area contributed by atoms with Crippen molar-refractivity contribution in [2.75, 3.05) is 13.7 Å². The van der Waals surface area contributed by atoms with Gasteiger partial charge < -0.3 is 15.2 Å². The van der Waals surface area contributed by atoms with Crippen LogP contribution in [0.1, 0.15) is 5.56 Å². The summed E-state index contributed by atoms with van der Waals surface area (Å²) in [5.74, 6) is -2.06. The first kappa shape index (κ1) is 15.9. The van der Waals surface area contributed by atoms with Gasteiger partial charge >= 0.3 is 17.7 Å². The molecule has 0 aromatic heterocycles. The Balaban J connectivity index is 2.29. The molecule has 0 radical (unpaired) electrons. The Morgan fingerprint density at radius 3 is 2.78 bits per heavy atom. The number of carbonyl (C=O) groups is 3. The molecule has 0 atom stereocenters. The van der Waals surface area contributed by atoms with Crippen LogP contribution in [-0.4, -0.2) is 46.5 Å². The maximum Gasteiger partial charge on any atom is 0.329 e. The third kappa shape index (κ3) is 3.26. The predicted molar refractivity (Wildman–Crippen MR) is 75.0 cm³/mol. The summed E-state index contributed by atoms with van der Waals surface area (Å²) in [6, 6.07) is 2.67. The fourth-order valence-corrected chi connectivity index (χ4v) is 1.85. The highest BCUT2D eigenvalue weighted by molar-refractivity contribution is 6.15. The lowest BCUT2D eigenvalue weighted by molar-refractivity contribution is -0.385. The fraction of sp³-hybridized carbons (Fsp3) is 0.154. The van der Waals surface area contributed by atoms with Gasteiger partial charge in [0.05, 0.1) is 12.0 Å². The van der Waals surface area contributed by atoms with E-state index in [1.165, 1.54) is 12.1 Å². The number of phenols is 1. The van der Waals surface area contributed by atoms with Crippen molar-refractivity contribution >= 4 is 29.7 Å². The molecule has 2 rings (SSSR count). The van der Waals surface area contributed by atoms with Crippen molar-refractivity contribution in [1.82, 2.24) is 10.2 Å². The van der Waals surface area contributed by atoms with Gasteiger partial charge in [-0.15, -0.1) is 0 Å². The average molecular weight is 321 g/mol. The molecule has 1 aromatic carbocycles. The SMILES string of the molecule is COC(=O)CN1C(=O)N/C(=C/c2ccc(O)c([N+](=O)[O-])c2)C1=O. The quantitative estimate of drug-likeness (QED) is 0.268. The zero-order valence-electron chi connectivity index (χ0n) is 11.8. The number of hydrogen-bond donors (Lipinski definition) is 2. The molecule has 1 aliphatic heterocycles. The molecule has 0 aliphatic carbocycles. The lowest BCUT2D eigenvalue weighted by atomic mass is 10.1. The zero-order chi connectivity index (χ0) is 17.1. The van der Waals surface area contributed by atoms with E-state index in [9.17, 15) is 29.6 Å². The normalized spacial score (nSPS) is 15.7. The summed E-state index contributed by atoms with van der Waals surface area (Å²) in [7, 11) is 1.12. The van der Waals surface area contributed by atoms with Crippen molar-refractivity contribution in [2.45, 2.75) is 0 Å². The number of benzene rings is 1. The number of imide groups is 1. The van der Waals surface area contributed by atoms with E-state index in [0.29, 0.717) is 4.90 Å². The van der Waals surface area contributed by atoms with Crippen molar-refractivity contribution < 1.29 is 29.2 Å². The van der Waals surface area contributed by atoms with E-state index in [0.717, 1.165) is 19.2 Å². The standard InChI is InChI=1S/C13H11N3O7/c1-23-11(18)6-15-12(19)8(14-13(15)20)4-7-2-3-10(17)9(5-7)16(21)22/h2-5,17H,6H2,1H3,(H,14,20)/b8-4+. The van der Waals surface area contributed by atoms with Gasteiger partial charge in [-0.3, -0.25) is 19.7 Å². The molecular formula is C13H11N3O7. The first-order valence-electron chi connectivity index (χ1n) is 6.22. The van der Waals surface area contributed by atoms with E-state index in [1.807, 2.05) is 0 Å². The Bertz CT molecular complexity index is 741. The van der Waals surface area contributed by atoms with E-state index >= 15 is 0 Å². The summed E-state index contributed by atoms with van der Waals surface area (Å²) in [6.45, 7) is -0.547. The van der Waals surface area contributed by atoms with E-state index in [-0.39, 0.29) is 11.3 Å². The molecule has 0 unspecified atom stereocenters. The number of phenolic OH excluding ortho intramolecular Hbond substituents is 1. The Morgan fingerprint density at radius 2 is 2.17 bits per heavy atom. The highest BCUT2D eigenvalue weighted by atomic mass is 16.6. The number of carbonyl (C=O) groups excluding carboxylic acids is 3. The third-order valence-corrected chi connectivity index (χ3v) is 2.98. The number of rotatable bonds is 4. The second-order valence-electron chi connectivity index (χ2n) is 4.46. The number of methoxy groups -OCH3 is 1. The predicted octanol–water partition coefficient (Wildman–Crippen LogP) is 0.366. The lowest BCUT2D eigenvalue weighted by Gasteiger charge is -2.08. The largest absolute Gasteiger partial charge is 0.502 e. The molecule has 1 aromatic rings. The first-order chi connectivity index (χ1) is 10.8. The summed E-state index contributed by atoms with van der Waals surface area (Å²) < 4.78 is 4.38. The minimum atomic E-state index is -0.806. The van der Waals surface area contributed by atoms with Crippen molar-refractivity contribution in [1.29, 1.82) is 0 Å². The van der Waals surface area contributed by atoms with Crippen molar-refractivity contribution in [3.63, 3.8) is 0 Å². The smallest absolute Gasteiger partial charge is 0.329 e. The maximum atomic E-state index is 12.0. The Morgan fingerprint density at radius 1 is 1.48 bits per heavy atom. The van der Waals surface area contributed by atoms with Gasteiger partial charge in [0.15, 0.2) is 5.75 Å². The number of nitrogens with zero attached hydrogens (tertiary/aromatic N) is 2. The third-order valence-electron chi connectivity index (χ3n) is 2.98. The topological polar surface area (TPSA) is 139 Å². The molecular weight excluding hydrogens is 310 g/mol. The molecule has 23 heavy (non-hydrogen) atoms. The van der Waals surface area contributed by atoms with Gasteiger partial charge in [0.1, 0.15) is 12.2 Å². The molecule has 0 saturated carbocycles. The molecule has 10 heteroatoms. The summed E-state index contributed by atoms with van der Waals surface area (Å²) in [4.78, 5) is 45.5. The Labute approximate surface area is 129 Å². The Kier molecular flexibility index (Phi) is 4.25. The summed E-state index contributed by atoms with van der Waals surface area (Å²) >= 11 is 0.